The van der Waals surface area contributed by atoms with Crippen molar-refractivity contribution in [3.8, 4) is 0 Å². The molecule has 0 heterocycles. The predicted octanol–water partition coefficient (Wildman–Crippen LogP) is 3.32. The average molecular weight is 241 g/mol. The van der Waals surface area contributed by atoms with Gasteiger partial charge in [0.15, 0.2) is 0 Å². The standard InChI is InChI=1S/C14H13N2O2/c1-11-5-7-13(8-6-11)15-10-12-3-2-4-14(9-12)16(17)18/h2-3,5-9,15H,10H2,1H3. The summed E-state index contributed by atoms with van der Waals surface area (Å²) >= 11 is 0. The van der Waals surface area contributed by atoms with Gasteiger partial charge in [-0.1, -0.05) is 23.8 Å². The molecule has 0 unspecified atom stereocenters. The number of benzene rings is 2. The zero-order chi connectivity index (χ0) is 13.0. The summed E-state index contributed by atoms with van der Waals surface area (Å²) in [6.45, 7) is 2.58. The fourth-order valence-corrected chi connectivity index (χ4v) is 1.59. The minimum Gasteiger partial charge on any atom is -0.381 e. The Balaban J connectivity index is 2.04. The van der Waals surface area contributed by atoms with Crippen LogP contribution in [0.15, 0.2) is 42.5 Å². The highest BCUT2D eigenvalue weighted by Crippen LogP contribution is 2.14. The molecule has 2 rings (SSSR count). The van der Waals surface area contributed by atoms with Crippen molar-refractivity contribution in [1.29, 1.82) is 0 Å². The number of nitro groups is 1. The third-order valence-corrected chi connectivity index (χ3v) is 2.60. The molecule has 0 bridgehead atoms. The lowest BCUT2D eigenvalue weighted by molar-refractivity contribution is -0.385. The van der Waals surface area contributed by atoms with E-state index in [0.717, 1.165) is 11.3 Å². The highest BCUT2D eigenvalue weighted by molar-refractivity contribution is 5.45. The number of hydrogen-bond donors (Lipinski definition) is 1. The normalized spacial score (nSPS) is 10.1. The predicted molar refractivity (Wildman–Crippen MR) is 70.4 cm³/mol. The summed E-state index contributed by atoms with van der Waals surface area (Å²) in [6.07, 6.45) is 0. The second kappa shape index (κ2) is 5.31. The third-order valence-electron chi connectivity index (χ3n) is 2.60. The molecule has 2 aromatic rings. The van der Waals surface area contributed by atoms with E-state index in [1.807, 2.05) is 37.3 Å². The van der Waals surface area contributed by atoms with Crippen molar-refractivity contribution in [2.45, 2.75) is 13.5 Å². The lowest BCUT2D eigenvalue weighted by Gasteiger charge is -2.06. The minimum absolute atomic E-state index is 0.00166. The molecular weight excluding hydrogens is 228 g/mol. The minimum atomic E-state index is -0.435. The Morgan fingerprint density at radius 2 is 2.00 bits per heavy atom. The highest BCUT2D eigenvalue weighted by atomic mass is 16.6. The zero-order valence-corrected chi connectivity index (χ0v) is 10.0. The Morgan fingerprint density at radius 1 is 1.28 bits per heavy atom. The number of hydrogen-bond acceptors (Lipinski definition) is 3. The first-order valence-electron chi connectivity index (χ1n) is 5.61. The number of nitro benzene ring substituents is 1. The first kappa shape index (κ1) is 12.1. The summed E-state index contributed by atoms with van der Waals surface area (Å²) in [6, 6.07) is 15.5. The van der Waals surface area contributed by atoms with Crippen LogP contribution in [0.3, 0.4) is 0 Å². The van der Waals surface area contributed by atoms with E-state index in [-0.39, 0.29) is 5.69 Å². The Labute approximate surface area is 105 Å². The second-order valence-electron chi connectivity index (χ2n) is 4.06. The summed E-state index contributed by atoms with van der Waals surface area (Å²) in [5.41, 5.74) is 3.06. The van der Waals surface area contributed by atoms with Gasteiger partial charge >= 0.3 is 0 Å². The van der Waals surface area contributed by atoms with Gasteiger partial charge in [0.2, 0.25) is 0 Å². The molecule has 91 valence electrons. The summed E-state index contributed by atoms with van der Waals surface area (Å²) < 4.78 is 0. The van der Waals surface area contributed by atoms with Crippen LogP contribution in [0, 0.1) is 23.1 Å². The van der Waals surface area contributed by atoms with Crippen molar-refractivity contribution >= 4 is 11.4 Å². The Morgan fingerprint density at radius 3 is 2.67 bits per heavy atom. The Bertz CT molecular complexity index is 550. The summed E-state index contributed by atoms with van der Waals surface area (Å²) in [5.74, 6) is 0. The molecule has 0 fully saturated rings. The van der Waals surface area contributed by atoms with Gasteiger partial charge in [-0.2, -0.15) is 0 Å². The molecule has 0 aliphatic rings. The van der Waals surface area contributed by atoms with E-state index in [9.17, 15) is 10.1 Å². The summed E-state index contributed by atoms with van der Waals surface area (Å²) in [7, 11) is 0. The van der Waals surface area contributed by atoms with Crippen LogP contribution in [0.25, 0.3) is 0 Å². The summed E-state index contributed by atoms with van der Waals surface area (Å²) in [5, 5.41) is 13.8. The van der Waals surface area contributed by atoms with Crippen LogP contribution < -0.4 is 5.32 Å². The molecule has 2 aromatic carbocycles. The van der Waals surface area contributed by atoms with E-state index in [1.165, 1.54) is 11.6 Å². The number of aryl methyl sites for hydroxylation is 1. The topological polar surface area (TPSA) is 55.2 Å². The molecule has 4 nitrogen and oxygen atoms in total. The first-order valence-corrected chi connectivity index (χ1v) is 5.61. The van der Waals surface area contributed by atoms with Crippen molar-refractivity contribution in [3.05, 3.63) is 69.8 Å². The van der Waals surface area contributed by atoms with E-state index < -0.39 is 4.92 Å². The fraction of sp³-hybridized carbons (Fsp3) is 0.143. The van der Waals surface area contributed by atoms with Gasteiger partial charge in [0.25, 0.3) is 5.69 Å². The largest absolute Gasteiger partial charge is 0.381 e. The summed E-state index contributed by atoms with van der Waals surface area (Å²) in [4.78, 5) is 10.2. The number of anilines is 1. The molecular formula is C14H13N2O2. The van der Waals surface area contributed by atoms with Gasteiger partial charge in [-0.05, 0) is 30.7 Å². The SMILES string of the molecule is Cc1ccc(NCc2cc[c]c([N+](=O)[O-])c2)cc1. The molecule has 0 amide bonds. The smallest absolute Gasteiger partial charge is 0.277 e. The van der Waals surface area contributed by atoms with E-state index in [0.29, 0.717) is 6.54 Å². The van der Waals surface area contributed by atoms with Gasteiger partial charge in [0, 0.05) is 18.3 Å². The van der Waals surface area contributed by atoms with Crippen LogP contribution >= 0.6 is 0 Å². The number of rotatable bonds is 4. The maximum Gasteiger partial charge on any atom is 0.277 e. The van der Waals surface area contributed by atoms with Crippen LogP contribution in [0.2, 0.25) is 0 Å². The van der Waals surface area contributed by atoms with E-state index in [2.05, 4.69) is 11.4 Å². The zero-order valence-electron chi connectivity index (χ0n) is 10.0. The molecule has 1 radical (unpaired) electrons. The number of nitrogens with zero attached hydrogens (tertiary/aromatic N) is 1. The van der Waals surface area contributed by atoms with Crippen LogP contribution in [0.1, 0.15) is 11.1 Å². The van der Waals surface area contributed by atoms with E-state index >= 15 is 0 Å². The third kappa shape index (κ3) is 3.07. The molecule has 0 aromatic heterocycles. The Kier molecular flexibility index (Phi) is 3.57. The molecule has 0 aliphatic heterocycles. The van der Waals surface area contributed by atoms with Crippen molar-refractivity contribution < 1.29 is 4.92 Å². The molecule has 0 atom stereocenters. The van der Waals surface area contributed by atoms with E-state index in [4.69, 9.17) is 0 Å². The molecule has 0 saturated carbocycles. The lowest BCUT2D eigenvalue weighted by Crippen LogP contribution is -2.00. The van der Waals surface area contributed by atoms with Gasteiger partial charge in [0.05, 0.1) is 11.0 Å². The maximum absolute atomic E-state index is 10.6. The van der Waals surface area contributed by atoms with Gasteiger partial charge in [-0.15, -0.1) is 0 Å². The molecule has 1 N–H and O–H groups in total. The number of nitrogens with one attached hydrogen (secondary N) is 1. The van der Waals surface area contributed by atoms with Crippen LogP contribution in [-0.2, 0) is 6.54 Å². The van der Waals surface area contributed by atoms with Gasteiger partial charge in [-0.3, -0.25) is 10.1 Å². The number of non-ortho nitro benzene ring substituents is 1. The molecule has 18 heavy (non-hydrogen) atoms. The van der Waals surface area contributed by atoms with Crippen molar-refractivity contribution in [2.75, 3.05) is 5.32 Å². The Hall–Kier alpha value is -2.36. The van der Waals surface area contributed by atoms with Crippen LogP contribution in [-0.4, -0.2) is 4.92 Å². The molecule has 0 saturated heterocycles. The monoisotopic (exact) mass is 241 g/mol. The lowest BCUT2D eigenvalue weighted by atomic mass is 10.2. The van der Waals surface area contributed by atoms with Gasteiger partial charge in [-0.25, -0.2) is 0 Å². The molecule has 4 heteroatoms. The fourth-order valence-electron chi connectivity index (χ4n) is 1.59. The van der Waals surface area contributed by atoms with Crippen LogP contribution in [0.5, 0.6) is 0 Å². The second-order valence-corrected chi connectivity index (χ2v) is 4.06. The van der Waals surface area contributed by atoms with Crippen molar-refractivity contribution in [1.82, 2.24) is 0 Å². The molecule has 0 aliphatic carbocycles. The van der Waals surface area contributed by atoms with Crippen LogP contribution in [0.4, 0.5) is 11.4 Å². The van der Waals surface area contributed by atoms with E-state index in [1.54, 1.807) is 6.07 Å². The first-order chi connectivity index (χ1) is 8.65. The quantitative estimate of drug-likeness (QED) is 0.660. The van der Waals surface area contributed by atoms with Gasteiger partial charge in [0.1, 0.15) is 0 Å². The maximum atomic E-state index is 10.6. The molecule has 0 spiro atoms. The van der Waals surface area contributed by atoms with Gasteiger partial charge < -0.3 is 5.32 Å². The highest BCUT2D eigenvalue weighted by Gasteiger charge is 2.05. The van der Waals surface area contributed by atoms with Crippen molar-refractivity contribution in [3.63, 3.8) is 0 Å². The van der Waals surface area contributed by atoms with Crippen molar-refractivity contribution in [2.24, 2.45) is 0 Å². The average Bonchev–Trinajstić information content (AvgIpc) is 2.38.